The molecule has 3 rings (SSSR count). The minimum absolute atomic E-state index is 0.00931. The van der Waals surface area contributed by atoms with Gasteiger partial charge in [-0.15, -0.1) is 11.3 Å². The van der Waals surface area contributed by atoms with E-state index in [0.717, 1.165) is 4.88 Å². The highest BCUT2D eigenvalue weighted by molar-refractivity contribution is 7.91. The van der Waals surface area contributed by atoms with Crippen LogP contribution in [0.2, 0.25) is 0 Å². The first-order chi connectivity index (χ1) is 9.81. The molecule has 8 heteroatoms. The number of thiophene rings is 1. The summed E-state index contributed by atoms with van der Waals surface area (Å²) in [6, 6.07) is 3.63. The van der Waals surface area contributed by atoms with Crippen molar-refractivity contribution < 1.29 is 18.3 Å². The van der Waals surface area contributed by atoms with Crippen LogP contribution in [0.3, 0.4) is 0 Å². The first-order valence-electron chi connectivity index (χ1n) is 6.38. The van der Waals surface area contributed by atoms with Crippen molar-refractivity contribution in [1.29, 1.82) is 0 Å². The Bertz CT molecular complexity index is 792. The van der Waals surface area contributed by atoms with Crippen molar-refractivity contribution in [2.45, 2.75) is 18.9 Å². The number of aromatic carboxylic acids is 1. The third-order valence-electron chi connectivity index (χ3n) is 3.73. The van der Waals surface area contributed by atoms with Gasteiger partial charge in [0.2, 0.25) is 0 Å². The van der Waals surface area contributed by atoms with Gasteiger partial charge in [0.15, 0.2) is 9.84 Å². The number of sulfone groups is 1. The molecule has 1 fully saturated rings. The van der Waals surface area contributed by atoms with Crippen molar-refractivity contribution in [1.82, 2.24) is 9.78 Å². The number of carboxylic acids is 1. The number of carbonyl (C=O) groups is 1. The Morgan fingerprint density at radius 2 is 2.29 bits per heavy atom. The summed E-state index contributed by atoms with van der Waals surface area (Å²) < 4.78 is 24.9. The molecule has 0 radical (unpaired) electrons. The minimum Gasteiger partial charge on any atom is -0.478 e. The van der Waals surface area contributed by atoms with Gasteiger partial charge in [0, 0.05) is 6.20 Å². The van der Waals surface area contributed by atoms with Gasteiger partial charge in [-0.2, -0.15) is 5.10 Å². The second-order valence-corrected chi connectivity index (χ2v) is 8.59. The number of carboxylic acid groups (broad SMARTS) is 1. The molecule has 1 saturated heterocycles. The predicted octanol–water partition coefficient (Wildman–Crippen LogP) is 1.84. The van der Waals surface area contributed by atoms with Crippen molar-refractivity contribution >= 4 is 27.1 Å². The van der Waals surface area contributed by atoms with E-state index in [9.17, 15) is 18.3 Å². The number of nitrogens with zero attached hydrogens (tertiary/aromatic N) is 2. The molecule has 1 atom stereocenters. The van der Waals surface area contributed by atoms with Gasteiger partial charge in [-0.05, 0) is 24.8 Å². The summed E-state index contributed by atoms with van der Waals surface area (Å²) in [5.41, 5.74) is -0.190. The zero-order chi connectivity index (χ0) is 15.3. The minimum atomic E-state index is -3.09. The monoisotopic (exact) mass is 326 g/mol. The lowest BCUT2D eigenvalue weighted by Gasteiger charge is -2.22. The normalized spacial score (nSPS) is 24.2. The van der Waals surface area contributed by atoms with Crippen LogP contribution in [0.4, 0.5) is 0 Å². The largest absolute Gasteiger partial charge is 0.478 e. The zero-order valence-corrected chi connectivity index (χ0v) is 12.9. The van der Waals surface area contributed by atoms with Crippen molar-refractivity contribution in [2.24, 2.45) is 0 Å². The van der Waals surface area contributed by atoms with E-state index in [0.29, 0.717) is 12.1 Å². The third kappa shape index (κ3) is 2.49. The molecule has 0 saturated carbocycles. The molecule has 3 heterocycles. The highest BCUT2D eigenvalue weighted by Gasteiger charge is 2.41. The van der Waals surface area contributed by atoms with Crippen LogP contribution in [-0.2, 0) is 15.4 Å². The van der Waals surface area contributed by atoms with Crippen LogP contribution in [0.25, 0.3) is 10.6 Å². The topological polar surface area (TPSA) is 89.3 Å². The Hall–Kier alpha value is -1.67. The zero-order valence-electron chi connectivity index (χ0n) is 11.3. The maximum absolute atomic E-state index is 11.7. The van der Waals surface area contributed by atoms with Crippen molar-refractivity contribution in [3.05, 3.63) is 29.3 Å². The van der Waals surface area contributed by atoms with E-state index >= 15 is 0 Å². The van der Waals surface area contributed by atoms with Crippen molar-refractivity contribution in [2.75, 3.05) is 11.5 Å². The van der Waals surface area contributed by atoms with Gasteiger partial charge >= 0.3 is 5.97 Å². The van der Waals surface area contributed by atoms with Crippen LogP contribution in [0.1, 0.15) is 23.7 Å². The second-order valence-electron chi connectivity index (χ2n) is 5.46. The average Bonchev–Trinajstić information content (AvgIpc) is 3.07. The maximum atomic E-state index is 11.7. The molecule has 2 aromatic rings. The van der Waals surface area contributed by atoms with Crippen LogP contribution < -0.4 is 0 Å². The quantitative estimate of drug-likeness (QED) is 0.929. The van der Waals surface area contributed by atoms with Crippen molar-refractivity contribution in [3.8, 4) is 10.6 Å². The third-order valence-corrected chi connectivity index (χ3v) is 6.50. The van der Waals surface area contributed by atoms with Gasteiger partial charge in [0.25, 0.3) is 0 Å². The van der Waals surface area contributed by atoms with E-state index in [1.165, 1.54) is 22.2 Å². The molecule has 1 N–H and O–H groups in total. The van der Waals surface area contributed by atoms with Crippen LogP contribution >= 0.6 is 11.3 Å². The Labute approximate surface area is 126 Å². The Balaban J connectivity index is 2.10. The lowest BCUT2D eigenvalue weighted by molar-refractivity contribution is 0.0697. The van der Waals surface area contributed by atoms with Gasteiger partial charge in [0.05, 0.1) is 21.9 Å². The molecule has 21 heavy (non-hydrogen) atoms. The molecule has 1 aliphatic heterocycles. The van der Waals surface area contributed by atoms with E-state index in [2.05, 4.69) is 5.10 Å². The average molecular weight is 326 g/mol. The molecule has 0 aromatic carbocycles. The van der Waals surface area contributed by atoms with E-state index in [1.54, 1.807) is 13.0 Å². The summed E-state index contributed by atoms with van der Waals surface area (Å²) in [5, 5.41) is 15.6. The predicted molar refractivity (Wildman–Crippen MR) is 79.4 cm³/mol. The fraction of sp³-hybridized carbons (Fsp3) is 0.385. The van der Waals surface area contributed by atoms with Crippen LogP contribution in [0.5, 0.6) is 0 Å². The van der Waals surface area contributed by atoms with Crippen LogP contribution in [0, 0.1) is 0 Å². The van der Waals surface area contributed by atoms with Crippen LogP contribution in [-0.4, -0.2) is 40.8 Å². The Morgan fingerprint density at radius 1 is 1.52 bits per heavy atom. The van der Waals surface area contributed by atoms with E-state index in [-0.39, 0.29) is 17.1 Å². The summed E-state index contributed by atoms with van der Waals surface area (Å²) in [5.74, 6) is -0.959. The van der Waals surface area contributed by atoms with E-state index in [1.807, 2.05) is 11.4 Å². The molecular formula is C13H14N2O4S2. The van der Waals surface area contributed by atoms with Crippen LogP contribution in [0.15, 0.2) is 23.7 Å². The summed E-state index contributed by atoms with van der Waals surface area (Å²) >= 11 is 1.40. The maximum Gasteiger partial charge on any atom is 0.339 e. The fourth-order valence-electron chi connectivity index (χ4n) is 2.58. The SMILES string of the molecule is CC1(n2cc(C(=O)O)c(-c3cccs3)n2)CCS(=O)(=O)C1. The summed E-state index contributed by atoms with van der Waals surface area (Å²) in [6.07, 6.45) is 1.89. The molecule has 2 aromatic heterocycles. The summed E-state index contributed by atoms with van der Waals surface area (Å²) in [6.45, 7) is 1.80. The molecule has 0 amide bonds. The highest BCUT2D eigenvalue weighted by Crippen LogP contribution is 2.34. The number of aromatic nitrogens is 2. The number of hydrogen-bond acceptors (Lipinski definition) is 5. The molecule has 0 aliphatic carbocycles. The van der Waals surface area contributed by atoms with Gasteiger partial charge in [-0.3, -0.25) is 4.68 Å². The van der Waals surface area contributed by atoms with Gasteiger partial charge in [0.1, 0.15) is 11.3 Å². The molecule has 0 spiro atoms. The fourth-order valence-corrected chi connectivity index (χ4v) is 5.42. The first kappa shape index (κ1) is 14.3. The van der Waals surface area contributed by atoms with Gasteiger partial charge in [-0.25, -0.2) is 13.2 Å². The Kier molecular flexibility index (Phi) is 3.18. The molecule has 112 valence electrons. The molecular weight excluding hydrogens is 312 g/mol. The summed E-state index contributed by atoms with van der Waals surface area (Å²) in [4.78, 5) is 12.2. The lowest BCUT2D eigenvalue weighted by Crippen LogP contribution is -2.31. The molecule has 1 aliphatic rings. The second kappa shape index (κ2) is 4.67. The number of hydrogen-bond donors (Lipinski definition) is 1. The van der Waals surface area contributed by atoms with E-state index in [4.69, 9.17) is 0 Å². The smallest absolute Gasteiger partial charge is 0.339 e. The highest BCUT2D eigenvalue weighted by atomic mass is 32.2. The van der Waals surface area contributed by atoms with Gasteiger partial charge in [-0.1, -0.05) is 6.07 Å². The molecule has 1 unspecified atom stereocenters. The van der Waals surface area contributed by atoms with Gasteiger partial charge < -0.3 is 5.11 Å². The van der Waals surface area contributed by atoms with E-state index < -0.39 is 21.3 Å². The molecule has 6 nitrogen and oxygen atoms in total. The summed E-state index contributed by atoms with van der Waals surface area (Å²) in [7, 11) is -3.09. The standard InChI is InChI=1S/C13H14N2O4S2/c1-13(4-6-21(18,19)8-13)15-7-9(12(16)17)11(14-15)10-3-2-5-20-10/h2-3,5,7H,4,6,8H2,1H3,(H,16,17). The lowest BCUT2D eigenvalue weighted by atomic mass is 10.0. The Morgan fingerprint density at radius 3 is 2.81 bits per heavy atom. The first-order valence-corrected chi connectivity index (χ1v) is 9.09. The molecule has 0 bridgehead atoms. The number of rotatable bonds is 3. The van der Waals surface area contributed by atoms with Crippen molar-refractivity contribution in [3.63, 3.8) is 0 Å².